The predicted octanol–water partition coefficient (Wildman–Crippen LogP) is 4.05. The van der Waals surface area contributed by atoms with E-state index in [1.165, 1.54) is 5.56 Å². The highest BCUT2D eigenvalue weighted by molar-refractivity contribution is 6.31. The summed E-state index contributed by atoms with van der Waals surface area (Å²) in [5, 5.41) is 3.60. The minimum atomic E-state index is -0.0701. The second-order valence-corrected chi connectivity index (χ2v) is 7.19. The second-order valence-electron chi connectivity index (χ2n) is 6.78. The fourth-order valence-electron chi connectivity index (χ4n) is 3.24. The maximum atomic E-state index is 12.5. The van der Waals surface area contributed by atoms with Crippen molar-refractivity contribution in [3.8, 4) is 5.75 Å². The Morgan fingerprint density at radius 1 is 1.15 bits per heavy atom. The van der Waals surface area contributed by atoms with E-state index in [1.54, 1.807) is 13.2 Å². The third kappa shape index (κ3) is 5.15. The van der Waals surface area contributed by atoms with Crippen LogP contribution in [-0.2, 0) is 6.42 Å². The number of hydrogen-bond acceptors (Lipinski definition) is 3. The van der Waals surface area contributed by atoms with Gasteiger partial charge in [0.1, 0.15) is 5.75 Å². The number of hydrogen-bond donors (Lipinski definition) is 1. The van der Waals surface area contributed by atoms with E-state index in [1.807, 2.05) is 42.2 Å². The molecule has 0 radical (unpaired) electrons. The number of urea groups is 1. The van der Waals surface area contributed by atoms with Crippen LogP contribution in [0.2, 0.25) is 5.02 Å². The lowest BCUT2D eigenvalue weighted by Crippen LogP contribution is -2.50. The summed E-state index contributed by atoms with van der Waals surface area (Å²) in [5.74, 6) is 0.937. The van der Waals surface area contributed by atoms with Gasteiger partial charge in [-0.05, 0) is 42.7 Å². The van der Waals surface area contributed by atoms with E-state index in [-0.39, 0.29) is 6.03 Å². The van der Waals surface area contributed by atoms with Crippen molar-refractivity contribution in [3.05, 3.63) is 58.6 Å². The van der Waals surface area contributed by atoms with E-state index in [9.17, 15) is 4.79 Å². The highest BCUT2D eigenvalue weighted by Crippen LogP contribution is 2.21. The van der Waals surface area contributed by atoms with Gasteiger partial charge in [0.25, 0.3) is 0 Å². The first-order valence-electron chi connectivity index (χ1n) is 9.23. The number of carbonyl (C=O) groups is 1. The minimum Gasteiger partial charge on any atom is -0.496 e. The summed E-state index contributed by atoms with van der Waals surface area (Å²) in [5.41, 5.74) is 2.95. The molecule has 0 unspecified atom stereocenters. The third-order valence-corrected chi connectivity index (χ3v) is 5.38. The molecule has 5 nitrogen and oxygen atoms in total. The van der Waals surface area contributed by atoms with E-state index >= 15 is 0 Å². The topological polar surface area (TPSA) is 44.8 Å². The molecule has 1 aliphatic rings. The molecule has 0 aliphatic carbocycles. The number of nitrogens with one attached hydrogen (secondary N) is 1. The van der Waals surface area contributed by atoms with Crippen LogP contribution in [0.3, 0.4) is 0 Å². The van der Waals surface area contributed by atoms with Gasteiger partial charge < -0.3 is 15.0 Å². The van der Waals surface area contributed by atoms with Crippen molar-refractivity contribution in [3.63, 3.8) is 0 Å². The van der Waals surface area contributed by atoms with Gasteiger partial charge >= 0.3 is 6.03 Å². The van der Waals surface area contributed by atoms with E-state index in [0.717, 1.165) is 56.1 Å². The summed E-state index contributed by atoms with van der Waals surface area (Å²) in [6.07, 6.45) is 0.943. The molecular weight excluding hydrogens is 362 g/mol. The van der Waals surface area contributed by atoms with Crippen molar-refractivity contribution in [1.82, 2.24) is 9.80 Å². The number of rotatable bonds is 5. The number of nitrogens with zero attached hydrogens (tertiary/aromatic N) is 2. The number of benzene rings is 2. The molecule has 0 spiro atoms. The van der Waals surface area contributed by atoms with Crippen LogP contribution in [-0.4, -0.2) is 55.7 Å². The van der Waals surface area contributed by atoms with Crippen LogP contribution in [0.5, 0.6) is 5.75 Å². The van der Waals surface area contributed by atoms with Crippen LogP contribution >= 0.6 is 11.6 Å². The van der Waals surface area contributed by atoms with Crippen LogP contribution in [0.15, 0.2) is 42.5 Å². The van der Waals surface area contributed by atoms with Crippen LogP contribution in [0.25, 0.3) is 0 Å². The number of halogens is 1. The smallest absolute Gasteiger partial charge is 0.321 e. The molecule has 3 rings (SSSR count). The molecule has 0 saturated carbocycles. The lowest BCUT2D eigenvalue weighted by Gasteiger charge is -2.34. The minimum absolute atomic E-state index is 0.0701. The van der Waals surface area contributed by atoms with Gasteiger partial charge in [-0.1, -0.05) is 35.9 Å². The van der Waals surface area contributed by atoms with Gasteiger partial charge in [0.2, 0.25) is 0 Å². The molecule has 27 heavy (non-hydrogen) atoms. The van der Waals surface area contributed by atoms with Crippen LogP contribution in [0, 0.1) is 6.92 Å². The highest BCUT2D eigenvalue weighted by Gasteiger charge is 2.21. The average Bonchev–Trinajstić information content (AvgIpc) is 2.69. The summed E-state index contributed by atoms with van der Waals surface area (Å²) in [7, 11) is 1.71. The third-order valence-electron chi connectivity index (χ3n) is 4.97. The molecule has 2 aromatic carbocycles. The van der Waals surface area contributed by atoms with Gasteiger partial charge in [0, 0.05) is 43.4 Å². The van der Waals surface area contributed by atoms with Crippen LogP contribution in [0.1, 0.15) is 11.1 Å². The highest BCUT2D eigenvalue weighted by atomic mass is 35.5. The zero-order chi connectivity index (χ0) is 19.2. The Hall–Kier alpha value is -2.24. The lowest BCUT2D eigenvalue weighted by molar-refractivity contribution is 0.148. The number of piperazine rings is 1. The van der Waals surface area contributed by atoms with Crippen molar-refractivity contribution >= 4 is 23.3 Å². The monoisotopic (exact) mass is 387 g/mol. The normalized spacial score (nSPS) is 14.9. The summed E-state index contributed by atoms with van der Waals surface area (Å²) in [6, 6.07) is 13.6. The van der Waals surface area contributed by atoms with E-state index in [2.05, 4.69) is 16.3 Å². The largest absolute Gasteiger partial charge is 0.496 e. The summed E-state index contributed by atoms with van der Waals surface area (Å²) >= 11 is 6.13. The number of ether oxygens (including phenoxy) is 1. The first-order chi connectivity index (χ1) is 13.1. The lowest BCUT2D eigenvalue weighted by atomic mass is 10.1. The number of para-hydroxylation sites is 1. The molecular formula is C21H26ClN3O2. The number of aryl methyl sites for hydroxylation is 1. The SMILES string of the molecule is COc1ccccc1CCN1CCN(C(=O)Nc2ccc(C)c(Cl)c2)CC1. The molecule has 1 aliphatic heterocycles. The summed E-state index contributed by atoms with van der Waals surface area (Å²) in [6.45, 7) is 6.09. The molecule has 0 atom stereocenters. The Balaban J connectivity index is 1.46. The Morgan fingerprint density at radius 3 is 2.59 bits per heavy atom. The van der Waals surface area contributed by atoms with E-state index in [0.29, 0.717) is 5.02 Å². The molecule has 6 heteroatoms. The van der Waals surface area contributed by atoms with Crippen molar-refractivity contribution < 1.29 is 9.53 Å². The second kappa shape index (κ2) is 9.11. The number of amides is 2. The molecule has 2 aromatic rings. The Bertz CT molecular complexity index is 789. The van der Waals surface area contributed by atoms with Gasteiger partial charge in [-0.2, -0.15) is 0 Å². The first kappa shape index (κ1) is 19.5. The molecule has 1 N–H and O–H groups in total. The predicted molar refractivity (Wildman–Crippen MR) is 110 cm³/mol. The zero-order valence-electron chi connectivity index (χ0n) is 15.9. The van der Waals surface area contributed by atoms with Gasteiger partial charge in [-0.3, -0.25) is 4.90 Å². The van der Waals surface area contributed by atoms with Crippen LogP contribution in [0.4, 0.5) is 10.5 Å². The Kier molecular flexibility index (Phi) is 6.58. The van der Waals surface area contributed by atoms with Gasteiger partial charge in [-0.15, -0.1) is 0 Å². The fraction of sp³-hybridized carbons (Fsp3) is 0.381. The molecule has 2 amide bonds. The molecule has 1 heterocycles. The van der Waals surface area contributed by atoms with Gasteiger partial charge in [0.05, 0.1) is 7.11 Å². The Labute approximate surface area is 165 Å². The zero-order valence-corrected chi connectivity index (χ0v) is 16.6. The molecule has 144 valence electrons. The van der Waals surface area contributed by atoms with Crippen molar-refractivity contribution in [2.75, 3.05) is 45.2 Å². The molecule has 1 fully saturated rings. The standard InChI is InChI=1S/C21H26ClN3O2/c1-16-7-8-18(15-19(16)22)23-21(26)25-13-11-24(12-14-25)10-9-17-5-3-4-6-20(17)27-2/h3-8,15H,9-14H2,1-2H3,(H,23,26). The summed E-state index contributed by atoms with van der Waals surface area (Å²) < 4.78 is 5.42. The van der Waals surface area contributed by atoms with Gasteiger partial charge in [-0.25, -0.2) is 4.79 Å². The first-order valence-corrected chi connectivity index (χ1v) is 9.61. The number of anilines is 1. The summed E-state index contributed by atoms with van der Waals surface area (Å²) in [4.78, 5) is 16.7. The fourth-order valence-corrected chi connectivity index (χ4v) is 3.42. The quantitative estimate of drug-likeness (QED) is 0.841. The average molecular weight is 388 g/mol. The number of carbonyl (C=O) groups excluding carboxylic acids is 1. The Morgan fingerprint density at radius 2 is 1.89 bits per heavy atom. The van der Waals surface area contributed by atoms with E-state index in [4.69, 9.17) is 16.3 Å². The van der Waals surface area contributed by atoms with Crippen LogP contribution < -0.4 is 10.1 Å². The van der Waals surface area contributed by atoms with Crippen molar-refractivity contribution in [1.29, 1.82) is 0 Å². The molecule has 0 bridgehead atoms. The van der Waals surface area contributed by atoms with Crippen molar-refractivity contribution in [2.45, 2.75) is 13.3 Å². The maximum absolute atomic E-state index is 12.5. The van der Waals surface area contributed by atoms with Gasteiger partial charge in [0.15, 0.2) is 0 Å². The molecule has 1 saturated heterocycles. The van der Waals surface area contributed by atoms with Crippen molar-refractivity contribution in [2.24, 2.45) is 0 Å². The molecule has 0 aromatic heterocycles. The number of methoxy groups -OCH3 is 1. The maximum Gasteiger partial charge on any atom is 0.321 e. The van der Waals surface area contributed by atoms with E-state index < -0.39 is 0 Å².